The van der Waals surface area contributed by atoms with Crippen molar-refractivity contribution >= 4 is 12.1 Å². The Kier molecular flexibility index (Phi) is 5.11. The van der Waals surface area contributed by atoms with Crippen LogP contribution < -0.4 is 10.9 Å². The molecule has 3 rings (SSSR count). The van der Waals surface area contributed by atoms with E-state index in [0.29, 0.717) is 12.8 Å². The Morgan fingerprint density at radius 3 is 2.59 bits per heavy atom. The standard InChI is InChI=1S/C18H19N3O6/c1-26-15(24)12-13(22)14(23)20-16(19-12)18(8-5-9-18)21-17(25)27-10-11-6-3-2-4-7-11/h2-4,6-7,22H,5,8-10H2,1H3,(H,21,25)(H,19,20,23). The van der Waals surface area contributed by atoms with Crippen molar-refractivity contribution in [1.82, 2.24) is 15.3 Å². The summed E-state index contributed by atoms with van der Waals surface area (Å²) in [5.41, 5.74) is -1.52. The highest BCUT2D eigenvalue weighted by molar-refractivity contribution is 5.89. The van der Waals surface area contributed by atoms with E-state index in [1.54, 1.807) is 0 Å². The number of esters is 1. The smallest absolute Gasteiger partial charge is 0.408 e. The van der Waals surface area contributed by atoms with Crippen molar-refractivity contribution in [2.24, 2.45) is 0 Å². The lowest BCUT2D eigenvalue weighted by Gasteiger charge is -2.40. The molecule has 1 aromatic carbocycles. The van der Waals surface area contributed by atoms with Crippen molar-refractivity contribution in [3.8, 4) is 5.75 Å². The highest BCUT2D eigenvalue weighted by atomic mass is 16.5. The lowest BCUT2D eigenvalue weighted by atomic mass is 9.76. The molecule has 142 valence electrons. The number of carbonyl (C=O) groups is 2. The van der Waals surface area contributed by atoms with Gasteiger partial charge >= 0.3 is 12.1 Å². The van der Waals surface area contributed by atoms with E-state index >= 15 is 0 Å². The number of H-pyrrole nitrogens is 1. The van der Waals surface area contributed by atoms with Gasteiger partial charge in [-0.05, 0) is 24.8 Å². The Morgan fingerprint density at radius 1 is 1.30 bits per heavy atom. The number of aromatic nitrogens is 2. The minimum absolute atomic E-state index is 0.0774. The summed E-state index contributed by atoms with van der Waals surface area (Å²) in [6.07, 6.45) is 1.12. The summed E-state index contributed by atoms with van der Waals surface area (Å²) in [6, 6.07) is 9.19. The van der Waals surface area contributed by atoms with Gasteiger partial charge in [-0.15, -0.1) is 0 Å². The molecule has 1 aliphatic carbocycles. The maximum absolute atomic E-state index is 12.2. The second-order valence-corrected chi connectivity index (χ2v) is 6.23. The van der Waals surface area contributed by atoms with Crippen molar-refractivity contribution in [3.05, 3.63) is 57.8 Å². The summed E-state index contributed by atoms with van der Waals surface area (Å²) in [6.45, 7) is 0.0929. The average Bonchev–Trinajstić information content (AvgIpc) is 2.65. The van der Waals surface area contributed by atoms with Crippen molar-refractivity contribution in [2.75, 3.05) is 7.11 Å². The fourth-order valence-electron chi connectivity index (χ4n) is 2.84. The number of hydrogen-bond acceptors (Lipinski definition) is 7. The van der Waals surface area contributed by atoms with Crippen molar-refractivity contribution in [1.29, 1.82) is 0 Å². The number of methoxy groups -OCH3 is 1. The molecule has 1 fully saturated rings. The first-order valence-electron chi connectivity index (χ1n) is 8.36. The van der Waals surface area contributed by atoms with Gasteiger partial charge in [0.05, 0.1) is 7.11 Å². The van der Waals surface area contributed by atoms with Crippen LogP contribution in [0.15, 0.2) is 35.1 Å². The minimum Gasteiger partial charge on any atom is -0.501 e. The van der Waals surface area contributed by atoms with Crippen molar-refractivity contribution < 1.29 is 24.2 Å². The molecule has 2 aromatic rings. The summed E-state index contributed by atoms with van der Waals surface area (Å²) >= 11 is 0. The lowest BCUT2D eigenvalue weighted by Crippen LogP contribution is -2.52. The largest absolute Gasteiger partial charge is 0.501 e. The molecule has 27 heavy (non-hydrogen) atoms. The van der Waals surface area contributed by atoms with Crippen LogP contribution in [-0.4, -0.2) is 34.2 Å². The molecule has 1 aliphatic rings. The number of nitrogens with one attached hydrogen (secondary N) is 2. The molecule has 1 saturated carbocycles. The molecule has 9 nitrogen and oxygen atoms in total. The first kappa shape index (κ1) is 18.4. The van der Waals surface area contributed by atoms with Gasteiger partial charge in [0.25, 0.3) is 5.56 Å². The number of alkyl carbamates (subject to hydrolysis) is 1. The van der Waals surface area contributed by atoms with E-state index in [9.17, 15) is 19.5 Å². The van der Waals surface area contributed by atoms with E-state index < -0.39 is 34.6 Å². The highest BCUT2D eigenvalue weighted by Gasteiger charge is 2.44. The third kappa shape index (κ3) is 3.76. The molecule has 9 heteroatoms. The van der Waals surface area contributed by atoms with Gasteiger partial charge in [0.15, 0.2) is 5.69 Å². The molecular formula is C18H19N3O6. The molecule has 1 amide bonds. The minimum atomic E-state index is -0.969. The van der Waals surface area contributed by atoms with Crippen LogP contribution in [0.3, 0.4) is 0 Å². The molecule has 0 aliphatic heterocycles. The van der Waals surface area contributed by atoms with E-state index in [-0.39, 0.29) is 12.4 Å². The zero-order chi connectivity index (χ0) is 19.4. The average molecular weight is 373 g/mol. The van der Waals surface area contributed by atoms with Gasteiger partial charge < -0.3 is 24.9 Å². The summed E-state index contributed by atoms with van der Waals surface area (Å²) in [7, 11) is 1.11. The van der Waals surface area contributed by atoms with E-state index in [1.165, 1.54) is 0 Å². The maximum Gasteiger partial charge on any atom is 0.408 e. The molecule has 0 atom stereocenters. The zero-order valence-electron chi connectivity index (χ0n) is 14.7. The van der Waals surface area contributed by atoms with Gasteiger partial charge in [0.1, 0.15) is 18.0 Å². The van der Waals surface area contributed by atoms with Crippen molar-refractivity contribution in [2.45, 2.75) is 31.4 Å². The second kappa shape index (κ2) is 7.48. The summed E-state index contributed by atoms with van der Waals surface area (Å²) in [4.78, 5) is 42.4. The predicted octanol–water partition coefficient (Wildman–Crippen LogP) is 1.57. The zero-order valence-corrected chi connectivity index (χ0v) is 14.7. The molecular weight excluding hydrogens is 354 g/mol. The van der Waals surface area contributed by atoms with E-state index in [0.717, 1.165) is 19.1 Å². The van der Waals surface area contributed by atoms with Gasteiger partial charge in [-0.3, -0.25) is 4.79 Å². The topological polar surface area (TPSA) is 131 Å². The molecule has 0 spiro atoms. The van der Waals surface area contributed by atoms with E-state index in [2.05, 4.69) is 20.0 Å². The number of ether oxygens (including phenoxy) is 2. The van der Waals surface area contributed by atoms with Crippen molar-refractivity contribution in [3.63, 3.8) is 0 Å². The first-order chi connectivity index (χ1) is 12.9. The number of carbonyl (C=O) groups excluding carboxylic acids is 2. The summed E-state index contributed by atoms with van der Waals surface area (Å²) in [5, 5.41) is 12.5. The van der Waals surface area contributed by atoms with Gasteiger partial charge in [-0.1, -0.05) is 30.3 Å². The molecule has 1 heterocycles. The van der Waals surface area contributed by atoms with Crippen LogP contribution in [-0.2, 0) is 21.6 Å². The van der Waals surface area contributed by atoms with Crippen LogP contribution in [0, 0.1) is 0 Å². The maximum atomic E-state index is 12.2. The normalized spacial score (nSPS) is 14.7. The van der Waals surface area contributed by atoms with Crippen LogP contribution in [0.25, 0.3) is 0 Å². The molecule has 1 aromatic heterocycles. The van der Waals surface area contributed by atoms with Crippen LogP contribution in [0.4, 0.5) is 4.79 Å². The number of amides is 1. The number of hydrogen-bond donors (Lipinski definition) is 3. The van der Waals surface area contributed by atoms with E-state index in [4.69, 9.17) is 4.74 Å². The SMILES string of the molecule is COC(=O)c1nc(C2(NC(=O)OCc3ccccc3)CCC2)[nH]c(=O)c1O. The number of nitrogens with zero attached hydrogens (tertiary/aromatic N) is 1. The third-order valence-electron chi connectivity index (χ3n) is 4.49. The fraction of sp³-hybridized carbons (Fsp3) is 0.333. The Hall–Kier alpha value is -3.36. The molecule has 0 unspecified atom stereocenters. The molecule has 3 N–H and O–H groups in total. The molecule has 0 bridgehead atoms. The Morgan fingerprint density at radius 2 is 2.00 bits per heavy atom. The Bertz CT molecular complexity index is 905. The Labute approximate surface area is 154 Å². The van der Waals surface area contributed by atoms with Crippen LogP contribution in [0.5, 0.6) is 5.75 Å². The summed E-state index contributed by atoms with van der Waals surface area (Å²) in [5.74, 6) is -1.69. The predicted molar refractivity (Wildman–Crippen MR) is 93.2 cm³/mol. The first-order valence-corrected chi connectivity index (χ1v) is 8.36. The number of rotatable bonds is 5. The monoisotopic (exact) mass is 373 g/mol. The van der Waals surface area contributed by atoms with Crippen LogP contribution in [0.1, 0.15) is 41.1 Å². The van der Waals surface area contributed by atoms with Gasteiger partial charge in [-0.2, -0.15) is 0 Å². The highest BCUT2D eigenvalue weighted by Crippen LogP contribution is 2.39. The lowest BCUT2D eigenvalue weighted by molar-refractivity contribution is 0.0587. The molecule has 0 saturated heterocycles. The quantitative estimate of drug-likeness (QED) is 0.678. The van der Waals surface area contributed by atoms with Crippen LogP contribution >= 0.6 is 0 Å². The van der Waals surface area contributed by atoms with E-state index in [1.807, 2.05) is 30.3 Å². The van der Waals surface area contributed by atoms with Gasteiger partial charge in [0.2, 0.25) is 5.75 Å². The third-order valence-corrected chi connectivity index (χ3v) is 4.49. The Balaban J connectivity index is 1.79. The molecule has 0 radical (unpaired) electrons. The second-order valence-electron chi connectivity index (χ2n) is 6.23. The fourth-order valence-corrected chi connectivity index (χ4v) is 2.84. The van der Waals surface area contributed by atoms with Gasteiger partial charge in [-0.25, -0.2) is 14.6 Å². The van der Waals surface area contributed by atoms with Gasteiger partial charge in [0, 0.05) is 0 Å². The number of aromatic hydroxyl groups is 1. The number of benzene rings is 1. The van der Waals surface area contributed by atoms with Crippen LogP contribution in [0.2, 0.25) is 0 Å². The number of aromatic amines is 1. The summed E-state index contributed by atoms with van der Waals surface area (Å²) < 4.78 is 9.76.